The van der Waals surface area contributed by atoms with Gasteiger partial charge in [0, 0.05) is 0 Å². The van der Waals surface area contributed by atoms with Crippen LogP contribution >= 0.6 is 0 Å². The standard InChI is InChI=1S/C10H10N2O4S/c1-16-10(13)7-12-17(14,15)9-5-3-2-4-8(9)6-11/h2-5,12H,7H2,1H3. The molecule has 0 aromatic heterocycles. The minimum Gasteiger partial charge on any atom is -0.468 e. The molecular weight excluding hydrogens is 244 g/mol. The van der Waals surface area contributed by atoms with Gasteiger partial charge >= 0.3 is 5.97 Å². The Morgan fingerprint density at radius 2 is 2.12 bits per heavy atom. The first kappa shape index (κ1) is 13.2. The van der Waals surface area contributed by atoms with E-state index in [-0.39, 0.29) is 10.5 Å². The minimum absolute atomic E-state index is 0.0184. The van der Waals surface area contributed by atoms with Crippen molar-refractivity contribution in [3.63, 3.8) is 0 Å². The molecule has 0 heterocycles. The first-order chi connectivity index (χ1) is 8.01. The number of methoxy groups -OCH3 is 1. The number of nitriles is 1. The van der Waals surface area contributed by atoms with Gasteiger partial charge in [-0.25, -0.2) is 8.42 Å². The van der Waals surface area contributed by atoms with Crippen LogP contribution in [0, 0.1) is 11.3 Å². The van der Waals surface area contributed by atoms with Gasteiger partial charge in [-0.1, -0.05) is 12.1 Å². The van der Waals surface area contributed by atoms with E-state index in [0.29, 0.717) is 0 Å². The number of carbonyl (C=O) groups excluding carboxylic acids is 1. The summed E-state index contributed by atoms with van der Waals surface area (Å²) >= 11 is 0. The zero-order valence-electron chi connectivity index (χ0n) is 9.00. The maximum atomic E-state index is 11.8. The third kappa shape index (κ3) is 3.27. The van der Waals surface area contributed by atoms with Crippen molar-refractivity contribution in [2.75, 3.05) is 13.7 Å². The van der Waals surface area contributed by atoms with E-state index in [0.717, 1.165) is 7.11 Å². The molecule has 6 nitrogen and oxygen atoms in total. The van der Waals surface area contributed by atoms with Crippen LogP contribution in [0.15, 0.2) is 29.2 Å². The lowest BCUT2D eigenvalue weighted by Crippen LogP contribution is -2.30. The summed E-state index contributed by atoms with van der Waals surface area (Å²) in [4.78, 5) is 10.7. The number of hydrogen-bond donors (Lipinski definition) is 1. The average molecular weight is 254 g/mol. The third-order valence-corrected chi connectivity index (χ3v) is 3.39. The van der Waals surface area contributed by atoms with Crippen LogP contribution in [0.25, 0.3) is 0 Å². The van der Waals surface area contributed by atoms with Crippen molar-refractivity contribution in [1.82, 2.24) is 4.72 Å². The van der Waals surface area contributed by atoms with Crippen molar-refractivity contribution < 1.29 is 17.9 Å². The molecule has 0 spiro atoms. The molecule has 0 aliphatic carbocycles. The highest BCUT2D eigenvalue weighted by Crippen LogP contribution is 2.13. The molecule has 1 aromatic rings. The molecule has 90 valence electrons. The van der Waals surface area contributed by atoms with Crippen LogP contribution < -0.4 is 4.72 Å². The van der Waals surface area contributed by atoms with Gasteiger partial charge in [0.2, 0.25) is 10.0 Å². The summed E-state index contributed by atoms with van der Waals surface area (Å²) in [6.45, 7) is -0.474. The van der Waals surface area contributed by atoms with Crippen molar-refractivity contribution in [2.45, 2.75) is 4.90 Å². The Morgan fingerprint density at radius 3 is 2.71 bits per heavy atom. The van der Waals surface area contributed by atoms with E-state index in [4.69, 9.17) is 5.26 Å². The van der Waals surface area contributed by atoms with E-state index in [2.05, 4.69) is 4.74 Å². The summed E-state index contributed by atoms with van der Waals surface area (Å²) < 4.78 is 29.9. The van der Waals surface area contributed by atoms with Crippen molar-refractivity contribution in [1.29, 1.82) is 5.26 Å². The zero-order valence-corrected chi connectivity index (χ0v) is 9.82. The predicted octanol–water partition coefficient (Wildman–Crippen LogP) is 0.00958. The highest BCUT2D eigenvalue weighted by atomic mass is 32.2. The van der Waals surface area contributed by atoms with Crippen molar-refractivity contribution >= 4 is 16.0 Å². The Morgan fingerprint density at radius 1 is 1.47 bits per heavy atom. The van der Waals surface area contributed by atoms with Gasteiger partial charge in [0.15, 0.2) is 0 Å². The Balaban J connectivity index is 2.98. The fraction of sp³-hybridized carbons (Fsp3) is 0.200. The first-order valence-corrected chi connectivity index (χ1v) is 6.05. The second kappa shape index (κ2) is 5.43. The van der Waals surface area contributed by atoms with Gasteiger partial charge in [-0.15, -0.1) is 0 Å². The summed E-state index contributed by atoms with van der Waals surface area (Å²) in [6, 6.07) is 7.49. The molecule has 0 bridgehead atoms. The van der Waals surface area contributed by atoms with Crippen LogP contribution in [-0.2, 0) is 19.6 Å². The maximum absolute atomic E-state index is 11.8. The van der Waals surface area contributed by atoms with Gasteiger partial charge in [-0.05, 0) is 12.1 Å². The third-order valence-electron chi connectivity index (χ3n) is 1.93. The summed E-state index contributed by atoms with van der Waals surface area (Å²) in [5, 5.41) is 8.77. The van der Waals surface area contributed by atoms with Gasteiger partial charge in [-0.3, -0.25) is 4.79 Å². The van der Waals surface area contributed by atoms with E-state index < -0.39 is 22.5 Å². The summed E-state index contributed by atoms with van der Waals surface area (Å²) in [5.41, 5.74) is 0.0184. The molecule has 0 unspecified atom stereocenters. The van der Waals surface area contributed by atoms with Gasteiger partial charge in [-0.2, -0.15) is 9.98 Å². The molecule has 0 saturated heterocycles. The summed E-state index contributed by atoms with van der Waals surface area (Å²) in [5.74, 6) is -0.706. The quantitative estimate of drug-likeness (QED) is 0.763. The van der Waals surface area contributed by atoms with E-state index in [9.17, 15) is 13.2 Å². The lowest BCUT2D eigenvalue weighted by Gasteiger charge is -2.06. The summed E-state index contributed by atoms with van der Waals surface area (Å²) in [7, 11) is -2.73. The van der Waals surface area contributed by atoms with Gasteiger partial charge in [0.05, 0.1) is 17.6 Å². The van der Waals surface area contributed by atoms with Gasteiger partial charge in [0.25, 0.3) is 0 Å². The largest absolute Gasteiger partial charge is 0.468 e. The van der Waals surface area contributed by atoms with Crippen LogP contribution in [0.3, 0.4) is 0 Å². The highest BCUT2D eigenvalue weighted by molar-refractivity contribution is 7.89. The lowest BCUT2D eigenvalue weighted by atomic mass is 10.2. The fourth-order valence-corrected chi connectivity index (χ4v) is 2.22. The molecule has 17 heavy (non-hydrogen) atoms. The molecule has 1 rings (SSSR count). The molecule has 0 atom stereocenters. The number of benzene rings is 1. The van der Waals surface area contributed by atoms with Crippen LogP contribution in [0.4, 0.5) is 0 Å². The van der Waals surface area contributed by atoms with Crippen LogP contribution in [0.5, 0.6) is 0 Å². The number of esters is 1. The van der Waals surface area contributed by atoms with E-state index in [1.807, 2.05) is 4.72 Å². The first-order valence-electron chi connectivity index (χ1n) is 4.57. The Labute approximate surface area is 98.9 Å². The smallest absolute Gasteiger partial charge is 0.320 e. The maximum Gasteiger partial charge on any atom is 0.320 e. The Bertz CT molecular complexity index is 560. The minimum atomic E-state index is -3.88. The number of sulfonamides is 1. The molecule has 0 aliphatic rings. The molecule has 1 aromatic carbocycles. The van der Waals surface area contributed by atoms with Crippen LogP contribution in [0.1, 0.15) is 5.56 Å². The molecule has 0 saturated carbocycles. The number of ether oxygens (including phenoxy) is 1. The van der Waals surface area contributed by atoms with Crippen molar-refractivity contribution in [3.8, 4) is 6.07 Å². The fourth-order valence-electron chi connectivity index (χ4n) is 1.10. The Kier molecular flexibility index (Phi) is 4.20. The number of rotatable bonds is 4. The second-order valence-electron chi connectivity index (χ2n) is 3.01. The normalized spacial score (nSPS) is 10.6. The number of nitrogens with zero attached hydrogens (tertiary/aromatic N) is 1. The molecule has 1 N–H and O–H groups in total. The van der Waals surface area contributed by atoms with Crippen molar-refractivity contribution in [2.24, 2.45) is 0 Å². The number of hydrogen-bond acceptors (Lipinski definition) is 5. The summed E-state index contributed by atoms with van der Waals surface area (Å²) in [6.07, 6.45) is 0. The molecule has 0 fully saturated rings. The predicted molar refractivity (Wildman–Crippen MR) is 58.4 cm³/mol. The van der Waals surface area contributed by atoms with E-state index in [1.165, 1.54) is 18.2 Å². The average Bonchev–Trinajstić information content (AvgIpc) is 2.35. The molecular formula is C10H10N2O4S. The topological polar surface area (TPSA) is 96.3 Å². The van der Waals surface area contributed by atoms with Gasteiger partial charge in [0.1, 0.15) is 12.6 Å². The van der Waals surface area contributed by atoms with Gasteiger partial charge < -0.3 is 4.74 Å². The SMILES string of the molecule is COC(=O)CNS(=O)(=O)c1ccccc1C#N. The monoisotopic (exact) mass is 254 g/mol. The van der Waals surface area contributed by atoms with E-state index in [1.54, 1.807) is 12.1 Å². The van der Waals surface area contributed by atoms with Crippen molar-refractivity contribution in [3.05, 3.63) is 29.8 Å². The number of nitrogens with one attached hydrogen (secondary N) is 1. The lowest BCUT2D eigenvalue weighted by molar-refractivity contribution is -0.139. The van der Waals surface area contributed by atoms with Crippen LogP contribution in [-0.4, -0.2) is 28.0 Å². The second-order valence-corrected chi connectivity index (χ2v) is 4.74. The highest BCUT2D eigenvalue weighted by Gasteiger charge is 2.18. The molecule has 0 radical (unpaired) electrons. The molecule has 0 amide bonds. The zero-order chi connectivity index (χ0) is 12.9. The number of carbonyl (C=O) groups is 1. The molecule has 0 aliphatic heterocycles. The Hall–Kier alpha value is -1.91. The van der Waals surface area contributed by atoms with E-state index >= 15 is 0 Å². The van der Waals surface area contributed by atoms with Crippen LogP contribution in [0.2, 0.25) is 0 Å². The molecule has 7 heteroatoms.